The van der Waals surface area contributed by atoms with Gasteiger partial charge in [-0.2, -0.15) is 5.10 Å². The zero-order valence-corrected chi connectivity index (χ0v) is 10.8. The number of hydrogen-bond donors (Lipinski definition) is 3. The molecule has 1 amide bonds. The van der Waals surface area contributed by atoms with Gasteiger partial charge in [-0.15, -0.1) is 0 Å². The third-order valence-electron chi connectivity index (χ3n) is 3.55. The van der Waals surface area contributed by atoms with Gasteiger partial charge in [0, 0.05) is 5.56 Å². The number of H-pyrrole nitrogens is 1. The number of phenolic OH excluding ortho intramolecular Hbond substituents is 1. The summed E-state index contributed by atoms with van der Waals surface area (Å²) in [4.78, 5) is 12.0. The van der Waals surface area contributed by atoms with Crippen LogP contribution in [0.3, 0.4) is 0 Å². The second-order valence-electron chi connectivity index (χ2n) is 4.84. The van der Waals surface area contributed by atoms with Gasteiger partial charge in [-0.3, -0.25) is 9.89 Å². The van der Waals surface area contributed by atoms with E-state index < -0.39 is 0 Å². The molecule has 1 aliphatic rings. The maximum atomic E-state index is 12.0. The van der Waals surface area contributed by atoms with Crippen LogP contribution in [0.2, 0.25) is 0 Å². The van der Waals surface area contributed by atoms with Crippen LogP contribution < -0.4 is 5.32 Å². The molecule has 3 N–H and O–H groups in total. The molecule has 1 aliphatic heterocycles. The number of nitrogens with one attached hydrogen (secondary N) is 2. The van der Waals surface area contributed by atoms with Crippen molar-refractivity contribution in [3.05, 3.63) is 59.5 Å². The number of carbonyl (C=O) groups excluding carboxylic acids is 1. The van der Waals surface area contributed by atoms with Crippen LogP contribution in [-0.2, 0) is 0 Å². The average Bonchev–Trinajstić information content (AvgIpc) is 3.16. The smallest absolute Gasteiger partial charge is 0.272 e. The molecule has 0 spiro atoms. The lowest BCUT2D eigenvalue weighted by Gasteiger charge is -2.13. The van der Waals surface area contributed by atoms with Crippen molar-refractivity contribution in [3.63, 3.8) is 0 Å². The normalized spacial score (nSPS) is 16.8. The Balaban J connectivity index is 1.88. The number of phenols is 1. The van der Waals surface area contributed by atoms with Gasteiger partial charge in [0.05, 0.1) is 12.3 Å². The highest BCUT2D eigenvalue weighted by molar-refractivity contribution is 5.99. The molecule has 0 saturated carbocycles. The Morgan fingerprint density at radius 3 is 2.90 bits per heavy atom. The highest BCUT2D eigenvalue weighted by atomic mass is 16.3. The van der Waals surface area contributed by atoms with Crippen molar-refractivity contribution in [2.75, 3.05) is 0 Å². The SMILES string of the molecule is O=C1NC(c2cccc(O)c2)c2c1n[nH]c2-c1ccco1. The quantitative estimate of drug-likeness (QED) is 0.671. The molecule has 3 heterocycles. The van der Waals surface area contributed by atoms with Crippen molar-refractivity contribution < 1.29 is 14.3 Å². The third-order valence-corrected chi connectivity index (χ3v) is 3.55. The molecule has 1 aromatic carbocycles. The van der Waals surface area contributed by atoms with E-state index in [4.69, 9.17) is 4.42 Å². The van der Waals surface area contributed by atoms with E-state index in [0.29, 0.717) is 17.1 Å². The Bertz CT molecular complexity index is 821. The number of furan rings is 1. The van der Waals surface area contributed by atoms with E-state index in [1.165, 1.54) is 0 Å². The number of fused-ring (bicyclic) bond motifs is 1. The van der Waals surface area contributed by atoms with Gasteiger partial charge < -0.3 is 14.8 Å². The van der Waals surface area contributed by atoms with E-state index in [1.807, 2.05) is 6.07 Å². The molecule has 0 saturated heterocycles. The fraction of sp³-hybridized carbons (Fsp3) is 0.0667. The van der Waals surface area contributed by atoms with Crippen LogP contribution in [0.4, 0.5) is 0 Å². The fourth-order valence-corrected chi connectivity index (χ4v) is 2.64. The predicted octanol–water partition coefficient (Wildman–Crippen LogP) is 2.21. The number of hydrogen-bond acceptors (Lipinski definition) is 4. The first-order valence-corrected chi connectivity index (χ1v) is 6.46. The number of rotatable bonds is 2. The number of aromatic amines is 1. The van der Waals surface area contributed by atoms with E-state index in [1.54, 1.807) is 36.6 Å². The first-order chi connectivity index (χ1) is 10.2. The van der Waals surface area contributed by atoms with Crippen molar-refractivity contribution in [2.45, 2.75) is 6.04 Å². The molecule has 2 aromatic heterocycles. The van der Waals surface area contributed by atoms with Crippen LogP contribution >= 0.6 is 0 Å². The standard InChI is InChI=1S/C15H11N3O3/c19-9-4-1-3-8(7-9)12-11-13(10-5-2-6-21-10)17-18-14(11)15(20)16-12/h1-7,12,19H,(H,16,20)(H,17,18). The Morgan fingerprint density at radius 1 is 1.24 bits per heavy atom. The summed E-state index contributed by atoms with van der Waals surface area (Å²) in [6, 6.07) is 10.0. The van der Waals surface area contributed by atoms with E-state index in [0.717, 1.165) is 11.1 Å². The minimum Gasteiger partial charge on any atom is -0.508 e. The first-order valence-electron chi connectivity index (χ1n) is 6.46. The van der Waals surface area contributed by atoms with Gasteiger partial charge in [-0.1, -0.05) is 12.1 Å². The molecule has 1 atom stereocenters. The van der Waals surface area contributed by atoms with Crippen LogP contribution in [-0.4, -0.2) is 21.2 Å². The fourth-order valence-electron chi connectivity index (χ4n) is 2.64. The number of aromatic hydroxyl groups is 1. The Hall–Kier alpha value is -3.02. The molecule has 21 heavy (non-hydrogen) atoms. The van der Waals surface area contributed by atoms with Crippen LogP contribution in [0.25, 0.3) is 11.5 Å². The van der Waals surface area contributed by atoms with Crippen LogP contribution in [0.15, 0.2) is 47.1 Å². The Morgan fingerprint density at radius 2 is 2.14 bits per heavy atom. The molecule has 6 heteroatoms. The van der Waals surface area contributed by atoms with Gasteiger partial charge >= 0.3 is 0 Å². The van der Waals surface area contributed by atoms with Gasteiger partial charge in [0.25, 0.3) is 5.91 Å². The molecule has 0 fully saturated rings. The van der Waals surface area contributed by atoms with E-state index in [9.17, 15) is 9.90 Å². The zero-order chi connectivity index (χ0) is 14.4. The average molecular weight is 281 g/mol. The summed E-state index contributed by atoms with van der Waals surface area (Å²) in [5.74, 6) is 0.524. The second-order valence-corrected chi connectivity index (χ2v) is 4.84. The monoisotopic (exact) mass is 281 g/mol. The number of nitrogens with zero attached hydrogens (tertiary/aromatic N) is 1. The highest BCUT2D eigenvalue weighted by Crippen LogP contribution is 2.37. The highest BCUT2D eigenvalue weighted by Gasteiger charge is 2.36. The van der Waals surface area contributed by atoms with Crippen LogP contribution in [0.1, 0.15) is 27.7 Å². The van der Waals surface area contributed by atoms with Gasteiger partial charge in [0.1, 0.15) is 11.4 Å². The molecule has 1 unspecified atom stereocenters. The lowest BCUT2D eigenvalue weighted by Crippen LogP contribution is -2.21. The zero-order valence-electron chi connectivity index (χ0n) is 10.8. The summed E-state index contributed by atoms with van der Waals surface area (Å²) in [6.45, 7) is 0. The first kappa shape index (κ1) is 11.8. The second kappa shape index (κ2) is 4.24. The molecular formula is C15H11N3O3. The molecule has 3 aromatic rings. The van der Waals surface area contributed by atoms with Gasteiger partial charge in [-0.25, -0.2) is 0 Å². The third kappa shape index (κ3) is 1.73. The lowest BCUT2D eigenvalue weighted by atomic mass is 9.99. The van der Waals surface area contributed by atoms with Crippen molar-refractivity contribution in [2.24, 2.45) is 0 Å². The molecule has 0 aliphatic carbocycles. The van der Waals surface area contributed by atoms with Gasteiger partial charge in [0.2, 0.25) is 0 Å². The maximum absolute atomic E-state index is 12.0. The van der Waals surface area contributed by atoms with E-state index >= 15 is 0 Å². The molecule has 0 radical (unpaired) electrons. The summed E-state index contributed by atoms with van der Waals surface area (Å²) >= 11 is 0. The molecule has 4 rings (SSSR count). The summed E-state index contributed by atoms with van der Waals surface area (Å²) in [7, 11) is 0. The van der Waals surface area contributed by atoms with Crippen molar-refractivity contribution in [3.8, 4) is 17.2 Å². The van der Waals surface area contributed by atoms with Crippen LogP contribution in [0.5, 0.6) is 5.75 Å². The summed E-state index contributed by atoms with van der Waals surface area (Å²) in [5, 5.41) is 19.4. The minimum absolute atomic E-state index is 0.151. The lowest BCUT2D eigenvalue weighted by molar-refractivity contribution is 0.0955. The van der Waals surface area contributed by atoms with E-state index in [-0.39, 0.29) is 17.7 Å². The predicted molar refractivity (Wildman–Crippen MR) is 73.7 cm³/mol. The van der Waals surface area contributed by atoms with Crippen LogP contribution in [0, 0.1) is 0 Å². The van der Waals surface area contributed by atoms with Crippen molar-refractivity contribution in [1.29, 1.82) is 0 Å². The summed E-state index contributed by atoms with van der Waals surface area (Å²) in [5.41, 5.74) is 2.55. The van der Waals surface area contributed by atoms with E-state index in [2.05, 4.69) is 15.5 Å². The molecule has 104 valence electrons. The number of benzene rings is 1. The molecular weight excluding hydrogens is 270 g/mol. The largest absolute Gasteiger partial charge is 0.508 e. The molecule has 0 bridgehead atoms. The summed E-state index contributed by atoms with van der Waals surface area (Å²) < 4.78 is 5.39. The number of aromatic nitrogens is 2. The van der Waals surface area contributed by atoms with Crippen molar-refractivity contribution in [1.82, 2.24) is 15.5 Å². The number of amides is 1. The maximum Gasteiger partial charge on any atom is 0.272 e. The summed E-state index contributed by atoms with van der Waals surface area (Å²) in [6.07, 6.45) is 1.57. The van der Waals surface area contributed by atoms with Gasteiger partial charge in [0.15, 0.2) is 11.5 Å². The molecule has 6 nitrogen and oxygen atoms in total. The van der Waals surface area contributed by atoms with Gasteiger partial charge in [-0.05, 0) is 29.8 Å². The Labute approximate surface area is 119 Å². The minimum atomic E-state index is -0.363. The van der Waals surface area contributed by atoms with Crippen molar-refractivity contribution >= 4 is 5.91 Å². The number of carbonyl (C=O) groups is 1. The Kier molecular flexibility index (Phi) is 2.38. The topological polar surface area (TPSA) is 91.1 Å².